The number of urea groups is 1. The first kappa shape index (κ1) is 18.8. The molecule has 0 aliphatic carbocycles. The summed E-state index contributed by atoms with van der Waals surface area (Å²) in [4.78, 5) is 25.8. The monoisotopic (exact) mass is 372 g/mol. The molecule has 3 N–H and O–H groups in total. The van der Waals surface area contributed by atoms with Crippen molar-refractivity contribution in [3.05, 3.63) is 23.8 Å². The number of hydrogen-bond acceptors (Lipinski definition) is 5. The number of nitrogens with zero attached hydrogens (tertiary/aromatic N) is 4. The highest BCUT2D eigenvalue weighted by atomic mass is 16.4. The summed E-state index contributed by atoms with van der Waals surface area (Å²) in [5, 5.41) is 25.6. The Morgan fingerprint density at radius 3 is 2.52 bits per heavy atom. The molecule has 0 atom stereocenters. The van der Waals surface area contributed by atoms with E-state index >= 15 is 0 Å². The third-order valence-electron chi connectivity index (χ3n) is 5.09. The molecular weight excluding hydrogens is 348 g/mol. The molecule has 0 spiro atoms. The molecule has 0 unspecified atom stereocenters. The van der Waals surface area contributed by atoms with Crippen molar-refractivity contribution in [3.63, 3.8) is 0 Å². The van der Waals surface area contributed by atoms with E-state index in [0.717, 1.165) is 12.8 Å². The topological polar surface area (TPSA) is 124 Å². The van der Waals surface area contributed by atoms with Crippen molar-refractivity contribution in [2.75, 3.05) is 18.4 Å². The molecule has 1 aromatic carbocycles. The van der Waals surface area contributed by atoms with Crippen molar-refractivity contribution in [2.45, 2.75) is 33.6 Å². The molecule has 27 heavy (non-hydrogen) atoms. The highest BCUT2D eigenvalue weighted by molar-refractivity contribution is 5.97. The Bertz CT molecular complexity index is 820. The van der Waals surface area contributed by atoms with Gasteiger partial charge < -0.3 is 15.3 Å². The van der Waals surface area contributed by atoms with E-state index < -0.39 is 5.97 Å². The molecule has 0 bridgehead atoms. The van der Waals surface area contributed by atoms with E-state index in [2.05, 4.69) is 46.7 Å². The number of carbonyl (C=O) groups excluding carboxylic acids is 1. The van der Waals surface area contributed by atoms with Gasteiger partial charge in [-0.1, -0.05) is 20.8 Å². The molecule has 1 aliphatic rings. The molecule has 1 fully saturated rings. The summed E-state index contributed by atoms with van der Waals surface area (Å²) in [6, 6.07) is 4.35. The highest BCUT2D eigenvalue weighted by Gasteiger charge is 2.30. The lowest BCUT2D eigenvalue weighted by atomic mass is 9.75. The summed E-state index contributed by atoms with van der Waals surface area (Å²) in [5.74, 6) is -0.340. The van der Waals surface area contributed by atoms with Crippen LogP contribution in [0.25, 0.3) is 11.4 Å². The standard InChI is InChI=1S/C18H24N6O3/c1-18(2,3)11-6-8-24(9-7-11)17(27)19-12-4-5-13(16(25)26)14(10-12)15-20-22-23-21-15/h4-5,10-11H,6-9H2,1-3H3,(H,19,27)(H,25,26)(H,20,21,22,23). The molecule has 9 heteroatoms. The van der Waals surface area contributed by atoms with Crippen LogP contribution in [0.5, 0.6) is 0 Å². The van der Waals surface area contributed by atoms with E-state index in [-0.39, 0.29) is 22.8 Å². The first-order valence-electron chi connectivity index (χ1n) is 8.93. The first-order valence-corrected chi connectivity index (χ1v) is 8.93. The minimum absolute atomic E-state index is 0.0420. The largest absolute Gasteiger partial charge is 0.478 e. The van der Waals surface area contributed by atoms with Crippen molar-refractivity contribution >= 4 is 17.7 Å². The number of carboxylic acid groups (broad SMARTS) is 1. The number of aromatic amines is 1. The Balaban J connectivity index is 1.72. The number of anilines is 1. The summed E-state index contributed by atoms with van der Waals surface area (Å²) < 4.78 is 0. The van der Waals surface area contributed by atoms with Crippen LogP contribution < -0.4 is 5.32 Å². The normalized spacial score (nSPS) is 15.6. The number of benzene rings is 1. The fraction of sp³-hybridized carbons (Fsp3) is 0.500. The van der Waals surface area contributed by atoms with Crippen molar-refractivity contribution < 1.29 is 14.7 Å². The van der Waals surface area contributed by atoms with Gasteiger partial charge in [-0.25, -0.2) is 9.59 Å². The minimum atomic E-state index is -1.10. The molecule has 9 nitrogen and oxygen atoms in total. The van der Waals surface area contributed by atoms with Crippen LogP contribution in [0.3, 0.4) is 0 Å². The maximum Gasteiger partial charge on any atom is 0.336 e. The Morgan fingerprint density at radius 1 is 1.26 bits per heavy atom. The maximum absolute atomic E-state index is 12.6. The summed E-state index contributed by atoms with van der Waals surface area (Å²) in [6.45, 7) is 8.11. The Labute approximate surface area is 157 Å². The van der Waals surface area contributed by atoms with Crippen molar-refractivity contribution in [3.8, 4) is 11.4 Å². The number of carboxylic acids is 1. The average molecular weight is 372 g/mol. The van der Waals surface area contributed by atoms with Gasteiger partial charge in [-0.05, 0) is 47.6 Å². The lowest BCUT2D eigenvalue weighted by molar-refractivity contribution is 0.0697. The molecule has 2 amide bonds. The van der Waals surface area contributed by atoms with E-state index in [4.69, 9.17) is 0 Å². The summed E-state index contributed by atoms with van der Waals surface area (Å²) in [6.07, 6.45) is 1.95. The summed E-state index contributed by atoms with van der Waals surface area (Å²) in [5.41, 5.74) is 1.07. The Hall–Kier alpha value is -2.97. The minimum Gasteiger partial charge on any atom is -0.478 e. The van der Waals surface area contributed by atoms with Crippen LogP contribution in [0.15, 0.2) is 18.2 Å². The lowest BCUT2D eigenvalue weighted by Crippen LogP contribution is -2.43. The molecule has 1 saturated heterocycles. The van der Waals surface area contributed by atoms with Gasteiger partial charge in [0, 0.05) is 24.3 Å². The van der Waals surface area contributed by atoms with Crippen LogP contribution in [0, 0.1) is 11.3 Å². The van der Waals surface area contributed by atoms with Gasteiger partial charge in [0.15, 0.2) is 0 Å². The molecule has 2 heterocycles. The van der Waals surface area contributed by atoms with Gasteiger partial charge >= 0.3 is 12.0 Å². The molecule has 0 radical (unpaired) electrons. The Kier molecular flexibility index (Phi) is 5.11. The van der Waals surface area contributed by atoms with E-state index in [0.29, 0.717) is 30.3 Å². The second-order valence-corrected chi connectivity index (χ2v) is 7.86. The number of hydrogen-bond donors (Lipinski definition) is 3. The van der Waals surface area contributed by atoms with Gasteiger partial charge in [-0.2, -0.15) is 5.21 Å². The van der Waals surface area contributed by atoms with Gasteiger partial charge in [0.05, 0.1) is 5.56 Å². The van der Waals surface area contributed by atoms with Crippen molar-refractivity contribution in [1.29, 1.82) is 0 Å². The van der Waals surface area contributed by atoms with Crippen LogP contribution in [0.4, 0.5) is 10.5 Å². The fourth-order valence-electron chi connectivity index (χ4n) is 3.42. The van der Waals surface area contributed by atoms with Gasteiger partial charge in [0.1, 0.15) is 0 Å². The number of likely N-dealkylation sites (tertiary alicyclic amines) is 1. The molecule has 1 aliphatic heterocycles. The number of amides is 2. The number of tetrazole rings is 1. The summed E-state index contributed by atoms with van der Waals surface area (Å²) in [7, 11) is 0. The predicted octanol–water partition coefficient (Wildman–Crippen LogP) is 2.85. The van der Waals surface area contributed by atoms with Crippen molar-refractivity contribution in [2.24, 2.45) is 11.3 Å². The highest BCUT2D eigenvalue weighted by Crippen LogP contribution is 2.34. The van der Waals surface area contributed by atoms with Gasteiger partial charge in [0.25, 0.3) is 0 Å². The SMILES string of the molecule is CC(C)(C)C1CCN(C(=O)Nc2ccc(C(=O)O)c(-c3nn[nH]n3)c2)CC1. The van der Waals surface area contributed by atoms with E-state index in [1.54, 1.807) is 17.0 Å². The molecule has 1 aromatic heterocycles. The molecule has 0 saturated carbocycles. The Morgan fingerprint density at radius 2 is 1.96 bits per heavy atom. The zero-order valence-electron chi connectivity index (χ0n) is 15.7. The number of aromatic carboxylic acids is 1. The summed E-state index contributed by atoms with van der Waals surface area (Å²) >= 11 is 0. The van der Waals surface area contributed by atoms with Crippen LogP contribution >= 0.6 is 0 Å². The van der Waals surface area contributed by atoms with Crippen LogP contribution in [0.1, 0.15) is 44.0 Å². The average Bonchev–Trinajstić information content (AvgIpc) is 3.15. The maximum atomic E-state index is 12.6. The number of carbonyl (C=O) groups is 2. The van der Waals surface area contributed by atoms with Crippen LogP contribution in [0.2, 0.25) is 0 Å². The molecule has 2 aromatic rings. The fourth-order valence-corrected chi connectivity index (χ4v) is 3.42. The van der Waals surface area contributed by atoms with Gasteiger partial charge in [-0.3, -0.25) is 0 Å². The van der Waals surface area contributed by atoms with Crippen LogP contribution in [-0.4, -0.2) is 55.7 Å². The number of aromatic nitrogens is 4. The molecule has 144 valence electrons. The predicted molar refractivity (Wildman–Crippen MR) is 99.3 cm³/mol. The smallest absolute Gasteiger partial charge is 0.336 e. The zero-order valence-corrected chi connectivity index (χ0v) is 15.7. The van der Waals surface area contributed by atoms with E-state index in [1.807, 2.05) is 0 Å². The number of rotatable bonds is 3. The third kappa shape index (κ3) is 4.24. The van der Waals surface area contributed by atoms with Gasteiger partial charge in [0.2, 0.25) is 5.82 Å². The van der Waals surface area contributed by atoms with E-state index in [9.17, 15) is 14.7 Å². The quantitative estimate of drug-likeness (QED) is 0.761. The number of H-pyrrole nitrogens is 1. The van der Waals surface area contributed by atoms with E-state index in [1.165, 1.54) is 6.07 Å². The number of nitrogens with one attached hydrogen (secondary N) is 2. The molecule has 3 rings (SSSR count). The zero-order chi connectivity index (χ0) is 19.6. The lowest BCUT2D eigenvalue weighted by Gasteiger charge is -2.38. The number of piperidine rings is 1. The van der Waals surface area contributed by atoms with Crippen molar-refractivity contribution in [1.82, 2.24) is 25.5 Å². The van der Waals surface area contributed by atoms with Crippen LogP contribution in [-0.2, 0) is 0 Å². The molecular formula is C18H24N6O3. The third-order valence-corrected chi connectivity index (χ3v) is 5.09. The second kappa shape index (κ2) is 7.34. The second-order valence-electron chi connectivity index (χ2n) is 7.86. The van der Waals surface area contributed by atoms with Gasteiger partial charge in [-0.15, -0.1) is 10.2 Å². The first-order chi connectivity index (χ1) is 12.8.